The van der Waals surface area contributed by atoms with Crippen molar-refractivity contribution in [2.24, 2.45) is 5.73 Å². The van der Waals surface area contributed by atoms with Crippen LogP contribution in [0, 0.1) is 6.92 Å². The van der Waals surface area contributed by atoms with Gasteiger partial charge in [0, 0.05) is 12.6 Å². The van der Waals surface area contributed by atoms with Gasteiger partial charge in [0.05, 0.1) is 6.42 Å². The van der Waals surface area contributed by atoms with Crippen molar-refractivity contribution in [3.05, 3.63) is 35.4 Å². The Labute approximate surface area is 90.7 Å². The van der Waals surface area contributed by atoms with E-state index < -0.39 is 0 Å². The summed E-state index contributed by atoms with van der Waals surface area (Å²) in [7, 11) is 0. The van der Waals surface area contributed by atoms with Crippen LogP contribution in [-0.4, -0.2) is 18.5 Å². The number of nitrogens with one attached hydrogen (secondary N) is 1. The van der Waals surface area contributed by atoms with E-state index in [1.54, 1.807) is 0 Å². The topological polar surface area (TPSA) is 55.1 Å². The van der Waals surface area contributed by atoms with Gasteiger partial charge >= 0.3 is 0 Å². The number of benzene rings is 1. The second kappa shape index (κ2) is 5.51. The van der Waals surface area contributed by atoms with E-state index in [9.17, 15) is 4.79 Å². The molecule has 1 amide bonds. The summed E-state index contributed by atoms with van der Waals surface area (Å²) in [5, 5.41) is 2.84. The van der Waals surface area contributed by atoms with Crippen molar-refractivity contribution in [1.29, 1.82) is 0 Å². The summed E-state index contributed by atoms with van der Waals surface area (Å²) in [6.07, 6.45) is 0.428. The molecule has 1 aromatic rings. The lowest BCUT2D eigenvalue weighted by atomic mass is 10.1. The second-order valence-electron chi connectivity index (χ2n) is 3.81. The minimum atomic E-state index is 0.0299. The van der Waals surface area contributed by atoms with Gasteiger partial charge in [-0.3, -0.25) is 4.79 Å². The largest absolute Gasteiger partial charge is 0.352 e. The zero-order chi connectivity index (χ0) is 11.3. The van der Waals surface area contributed by atoms with Gasteiger partial charge in [-0.25, -0.2) is 0 Å². The van der Waals surface area contributed by atoms with Gasteiger partial charge in [0.1, 0.15) is 0 Å². The number of aryl methyl sites for hydroxylation is 1. The van der Waals surface area contributed by atoms with Crippen molar-refractivity contribution in [2.75, 3.05) is 6.54 Å². The number of hydrogen-bond acceptors (Lipinski definition) is 2. The highest BCUT2D eigenvalue weighted by atomic mass is 16.1. The van der Waals surface area contributed by atoms with Crippen molar-refractivity contribution < 1.29 is 4.79 Å². The van der Waals surface area contributed by atoms with E-state index in [2.05, 4.69) is 5.32 Å². The van der Waals surface area contributed by atoms with Crippen molar-refractivity contribution in [2.45, 2.75) is 26.3 Å². The van der Waals surface area contributed by atoms with Crippen LogP contribution >= 0.6 is 0 Å². The van der Waals surface area contributed by atoms with Crippen LogP contribution in [0.4, 0.5) is 0 Å². The highest BCUT2D eigenvalue weighted by Gasteiger charge is 2.07. The van der Waals surface area contributed by atoms with Crippen LogP contribution in [0.2, 0.25) is 0 Å². The van der Waals surface area contributed by atoms with Gasteiger partial charge < -0.3 is 11.1 Å². The summed E-state index contributed by atoms with van der Waals surface area (Å²) in [4.78, 5) is 11.6. The maximum Gasteiger partial charge on any atom is 0.224 e. The molecule has 0 bridgehead atoms. The van der Waals surface area contributed by atoms with Gasteiger partial charge in [-0.1, -0.05) is 24.3 Å². The van der Waals surface area contributed by atoms with E-state index in [4.69, 9.17) is 5.73 Å². The molecule has 3 heteroatoms. The first-order valence-electron chi connectivity index (χ1n) is 5.17. The lowest BCUT2D eigenvalue weighted by Crippen LogP contribution is -2.38. The Balaban J connectivity index is 2.55. The second-order valence-corrected chi connectivity index (χ2v) is 3.81. The molecule has 82 valence electrons. The molecule has 1 aromatic carbocycles. The summed E-state index contributed by atoms with van der Waals surface area (Å²) >= 11 is 0. The summed E-state index contributed by atoms with van der Waals surface area (Å²) in [5.74, 6) is 0.0299. The molecular formula is C12H18N2O. The summed E-state index contributed by atoms with van der Waals surface area (Å²) in [6, 6.07) is 7.94. The van der Waals surface area contributed by atoms with Crippen LogP contribution in [0.3, 0.4) is 0 Å². The third-order valence-electron chi connectivity index (χ3n) is 2.37. The molecule has 0 fully saturated rings. The number of carbonyl (C=O) groups excluding carboxylic acids is 1. The van der Waals surface area contributed by atoms with Gasteiger partial charge in [-0.15, -0.1) is 0 Å². The molecule has 15 heavy (non-hydrogen) atoms. The highest BCUT2D eigenvalue weighted by Crippen LogP contribution is 2.07. The van der Waals surface area contributed by atoms with E-state index in [1.807, 2.05) is 38.1 Å². The van der Waals surface area contributed by atoms with Crippen LogP contribution in [0.1, 0.15) is 18.1 Å². The van der Waals surface area contributed by atoms with Crippen molar-refractivity contribution in [3.8, 4) is 0 Å². The predicted octanol–water partition coefficient (Wildman–Crippen LogP) is 1.00. The molecule has 0 saturated carbocycles. The van der Waals surface area contributed by atoms with Crippen LogP contribution in [0.5, 0.6) is 0 Å². The standard InChI is InChI=1S/C12H18N2O/c1-9-5-3-4-6-11(9)7-12(15)14-10(2)8-13/h3-6,10H,7-8,13H2,1-2H3,(H,14,15). The van der Waals surface area contributed by atoms with Gasteiger partial charge in [-0.2, -0.15) is 0 Å². The number of nitrogens with two attached hydrogens (primary N) is 1. The average Bonchev–Trinajstić information content (AvgIpc) is 2.21. The Hall–Kier alpha value is -1.35. The molecule has 3 N–H and O–H groups in total. The molecule has 0 aliphatic carbocycles. The van der Waals surface area contributed by atoms with Crippen LogP contribution in [-0.2, 0) is 11.2 Å². The Morgan fingerprint density at radius 2 is 2.13 bits per heavy atom. The van der Waals surface area contributed by atoms with Crippen LogP contribution < -0.4 is 11.1 Å². The van der Waals surface area contributed by atoms with E-state index in [1.165, 1.54) is 0 Å². The van der Waals surface area contributed by atoms with Crippen LogP contribution in [0.25, 0.3) is 0 Å². The third-order valence-corrected chi connectivity index (χ3v) is 2.37. The first-order valence-corrected chi connectivity index (χ1v) is 5.17. The summed E-state index contributed by atoms with van der Waals surface area (Å²) in [6.45, 7) is 4.38. The molecule has 0 aliphatic rings. The van der Waals surface area contributed by atoms with E-state index in [-0.39, 0.29) is 11.9 Å². The SMILES string of the molecule is Cc1ccccc1CC(=O)NC(C)CN. The smallest absolute Gasteiger partial charge is 0.224 e. The fraction of sp³-hybridized carbons (Fsp3) is 0.417. The molecule has 0 heterocycles. The number of hydrogen-bond donors (Lipinski definition) is 2. The molecule has 1 unspecified atom stereocenters. The lowest BCUT2D eigenvalue weighted by Gasteiger charge is -2.11. The Morgan fingerprint density at radius 3 is 2.73 bits per heavy atom. The highest BCUT2D eigenvalue weighted by molar-refractivity contribution is 5.79. The maximum absolute atomic E-state index is 11.6. The molecule has 1 atom stereocenters. The van der Waals surface area contributed by atoms with Crippen molar-refractivity contribution >= 4 is 5.91 Å². The number of rotatable bonds is 4. The fourth-order valence-corrected chi connectivity index (χ4v) is 1.37. The number of carbonyl (C=O) groups is 1. The van der Waals surface area contributed by atoms with Gasteiger partial charge in [0.25, 0.3) is 0 Å². The molecule has 0 saturated heterocycles. The fourth-order valence-electron chi connectivity index (χ4n) is 1.37. The van der Waals surface area contributed by atoms with Gasteiger partial charge in [-0.05, 0) is 25.0 Å². The first-order chi connectivity index (χ1) is 7.13. The Morgan fingerprint density at radius 1 is 1.47 bits per heavy atom. The van der Waals surface area contributed by atoms with Gasteiger partial charge in [0.2, 0.25) is 5.91 Å². The average molecular weight is 206 g/mol. The first kappa shape index (κ1) is 11.7. The van der Waals surface area contributed by atoms with E-state index in [0.717, 1.165) is 11.1 Å². The summed E-state index contributed by atoms with van der Waals surface area (Å²) in [5.41, 5.74) is 7.64. The molecule has 0 aromatic heterocycles. The monoisotopic (exact) mass is 206 g/mol. The zero-order valence-electron chi connectivity index (χ0n) is 9.29. The lowest BCUT2D eigenvalue weighted by molar-refractivity contribution is -0.121. The normalized spacial score (nSPS) is 12.2. The van der Waals surface area contributed by atoms with Crippen molar-refractivity contribution in [1.82, 2.24) is 5.32 Å². The molecule has 0 aliphatic heterocycles. The zero-order valence-corrected chi connectivity index (χ0v) is 9.29. The Kier molecular flexibility index (Phi) is 4.31. The van der Waals surface area contributed by atoms with Crippen molar-refractivity contribution in [3.63, 3.8) is 0 Å². The molecule has 3 nitrogen and oxygen atoms in total. The predicted molar refractivity (Wildman–Crippen MR) is 61.5 cm³/mol. The molecular weight excluding hydrogens is 188 g/mol. The minimum absolute atomic E-state index is 0.0299. The molecule has 1 rings (SSSR count). The van der Waals surface area contributed by atoms with E-state index in [0.29, 0.717) is 13.0 Å². The maximum atomic E-state index is 11.6. The van der Waals surface area contributed by atoms with Gasteiger partial charge in [0.15, 0.2) is 0 Å². The summed E-state index contributed by atoms with van der Waals surface area (Å²) < 4.78 is 0. The molecule has 0 spiro atoms. The minimum Gasteiger partial charge on any atom is -0.352 e. The van der Waals surface area contributed by atoms with Crippen LogP contribution in [0.15, 0.2) is 24.3 Å². The third kappa shape index (κ3) is 3.72. The molecule has 0 radical (unpaired) electrons. The Bertz CT molecular complexity index is 336. The quantitative estimate of drug-likeness (QED) is 0.772. The van der Waals surface area contributed by atoms with E-state index >= 15 is 0 Å². The number of amides is 1.